The molecule has 2 amide bonds. The molecule has 0 spiro atoms. The Morgan fingerprint density at radius 2 is 2.00 bits per heavy atom. The minimum absolute atomic E-state index is 0. The number of benzene rings is 1. The Labute approximate surface area is 159 Å². The fourth-order valence-electron chi connectivity index (χ4n) is 2.97. The predicted molar refractivity (Wildman–Crippen MR) is 101 cm³/mol. The van der Waals surface area contributed by atoms with Gasteiger partial charge in [0.25, 0.3) is 5.91 Å². The Bertz CT molecular complexity index is 685. The molecule has 3 rings (SSSR count). The molecule has 1 fully saturated rings. The number of furan rings is 1. The van der Waals surface area contributed by atoms with Crippen molar-refractivity contribution in [3.05, 3.63) is 60.1 Å². The summed E-state index contributed by atoms with van der Waals surface area (Å²) in [6, 6.07) is 12.3. The van der Waals surface area contributed by atoms with Crippen LogP contribution in [0.25, 0.3) is 0 Å². The third-order valence-electron chi connectivity index (χ3n) is 4.29. The quantitative estimate of drug-likeness (QED) is 0.718. The molecule has 0 radical (unpaired) electrons. The molecule has 7 heteroatoms. The maximum Gasteiger partial charge on any atom is 0.287 e. The second kappa shape index (κ2) is 9.99. The van der Waals surface area contributed by atoms with E-state index in [4.69, 9.17) is 4.42 Å². The first-order chi connectivity index (χ1) is 12.2. The van der Waals surface area contributed by atoms with E-state index < -0.39 is 6.04 Å². The van der Waals surface area contributed by atoms with Crippen molar-refractivity contribution >= 4 is 24.2 Å². The van der Waals surface area contributed by atoms with E-state index in [1.165, 1.54) is 6.26 Å². The highest BCUT2D eigenvalue weighted by molar-refractivity contribution is 5.95. The van der Waals surface area contributed by atoms with Crippen LogP contribution in [-0.2, 0) is 11.2 Å². The van der Waals surface area contributed by atoms with Crippen LogP contribution in [0, 0.1) is 0 Å². The molecule has 1 aromatic carbocycles. The number of nitrogens with one attached hydrogen (secondary N) is 3. The Morgan fingerprint density at radius 3 is 2.65 bits per heavy atom. The Balaban J connectivity index is 0.00000243. The summed E-state index contributed by atoms with van der Waals surface area (Å²) in [7, 11) is 0. The molecule has 1 saturated heterocycles. The van der Waals surface area contributed by atoms with Gasteiger partial charge in [0.2, 0.25) is 5.91 Å². The van der Waals surface area contributed by atoms with E-state index in [-0.39, 0.29) is 36.0 Å². The molecule has 1 aliphatic heterocycles. The van der Waals surface area contributed by atoms with Crippen LogP contribution >= 0.6 is 12.4 Å². The van der Waals surface area contributed by atoms with E-state index in [1.807, 2.05) is 30.3 Å². The van der Waals surface area contributed by atoms with Gasteiger partial charge in [-0.2, -0.15) is 0 Å². The lowest BCUT2D eigenvalue weighted by Gasteiger charge is -2.26. The van der Waals surface area contributed by atoms with Crippen molar-refractivity contribution in [2.45, 2.75) is 31.3 Å². The van der Waals surface area contributed by atoms with Crippen molar-refractivity contribution in [3.8, 4) is 0 Å². The standard InChI is InChI=1S/C19H23N3O3.ClH/c23-18(21-15-8-4-10-20-13-15)16(12-14-6-2-1-3-7-14)22-19(24)17-9-5-11-25-17;/h1-3,5-7,9,11,15-16,20H,4,8,10,12-13H2,(H,21,23)(H,22,24);1H/t15-,16?;/m0./s1. The Hall–Kier alpha value is -2.31. The monoisotopic (exact) mass is 377 g/mol. The maximum absolute atomic E-state index is 12.7. The van der Waals surface area contributed by atoms with Crippen LogP contribution in [0.3, 0.4) is 0 Å². The van der Waals surface area contributed by atoms with Crippen LogP contribution in [0.1, 0.15) is 29.0 Å². The number of rotatable bonds is 6. The summed E-state index contributed by atoms with van der Waals surface area (Å²) in [5, 5.41) is 9.11. The van der Waals surface area contributed by atoms with E-state index in [0.717, 1.165) is 31.5 Å². The van der Waals surface area contributed by atoms with E-state index in [1.54, 1.807) is 12.1 Å². The summed E-state index contributed by atoms with van der Waals surface area (Å²) >= 11 is 0. The van der Waals surface area contributed by atoms with E-state index in [0.29, 0.717) is 6.42 Å². The fraction of sp³-hybridized carbons (Fsp3) is 0.368. The van der Waals surface area contributed by atoms with Crippen molar-refractivity contribution in [2.24, 2.45) is 0 Å². The van der Waals surface area contributed by atoms with Gasteiger partial charge in [0, 0.05) is 19.0 Å². The molecule has 1 unspecified atom stereocenters. The molecule has 0 aliphatic carbocycles. The van der Waals surface area contributed by atoms with E-state index >= 15 is 0 Å². The number of amides is 2. The van der Waals surface area contributed by atoms with Crippen molar-refractivity contribution in [1.82, 2.24) is 16.0 Å². The lowest BCUT2D eigenvalue weighted by atomic mass is 10.0. The molecular weight excluding hydrogens is 354 g/mol. The molecule has 140 valence electrons. The van der Waals surface area contributed by atoms with Crippen LogP contribution in [0.2, 0.25) is 0 Å². The third kappa shape index (κ3) is 5.61. The van der Waals surface area contributed by atoms with Gasteiger partial charge in [-0.3, -0.25) is 9.59 Å². The average Bonchev–Trinajstić information content (AvgIpc) is 3.18. The summed E-state index contributed by atoms with van der Waals surface area (Å²) in [6.45, 7) is 1.74. The zero-order valence-electron chi connectivity index (χ0n) is 14.4. The second-order valence-corrected chi connectivity index (χ2v) is 6.24. The Kier molecular flexibility index (Phi) is 7.69. The zero-order valence-corrected chi connectivity index (χ0v) is 15.3. The average molecular weight is 378 g/mol. The van der Waals surface area contributed by atoms with Gasteiger partial charge in [-0.1, -0.05) is 30.3 Å². The lowest BCUT2D eigenvalue weighted by molar-refractivity contribution is -0.123. The fourth-order valence-corrected chi connectivity index (χ4v) is 2.97. The molecule has 2 heterocycles. The maximum atomic E-state index is 12.7. The first kappa shape index (κ1) is 20.0. The number of hydrogen-bond acceptors (Lipinski definition) is 4. The molecule has 2 aromatic rings. The van der Waals surface area contributed by atoms with Gasteiger partial charge in [-0.15, -0.1) is 12.4 Å². The SMILES string of the molecule is Cl.O=C(NC(Cc1ccccc1)C(=O)N[C@H]1CCCNC1)c1ccco1. The van der Waals surface area contributed by atoms with Gasteiger partial charge in [-0.05, 0) is 37.1 Å². The minimum Gasteiger partial charge on any atom is -0.459 e. The number of hydrogen-bond donors (Lipinski definition) is 3. The third-order valence-corrected chi connectivity index (χ3v) is 4.29. The molecule has 0 bridgehead atoms. The van der Waals surface area contributed by atoms with Crippen molar-refractivity contribution in [2.75, 3.05) is 13.1 Å². The van der Waals surface area contributed by atoms with Crippen LogP contribution in [0.4, 0.5) is 0 Å². The highest BCUT2D eigenvalue weighted by Crippen LogP contribution is 2.08. The van der Waals surface area contributed by atoms with E-state index in [9.17, 15) is 9.59 Å². The number of carbonyl (C=O) groups is 2. The number of piperidine rings is 1. The number of halogens is 1. The molecular formula is C19H24ClN3O3. The molecule has 2 atom stereocenters. The van der Waals surface area contributed by atoms with Gasteiger partial charge in [0.05, 0.1) is 6.26 Å². The largest absolute Gasteiger partial charge is 0.459 e. The van der Waals surface area contributed by atoms with Crippen molar-refractivity contribution in [1.29, 1.82) is 0 Å². The van der Waals surface area contributed by atoms with Crippen molar-refractivity contribution in [3.63, 3.8) is 0 Å². The Morgan fingerprint density at radius 1 is 1.19 bits per heavy atom. The van der Waals surface area contributed by atoms with Crippen LogP contribution in [-0.4, -0.2) is 37.0 Å². The summed E-state index contributed by atoms with van der Waals surface area (Å²) in [5.74, 6) is -0.356. The molecule has 26 heavy (non-hydrogen) atoms. The molecule has 0 saturated carbocycles. The highest BCUT2D eigenvalue weighted by atomic mass is 35.5. The van der Waals surface area contributed by atoms with Crippen molar-refractivity contribution < 1.29 is 14.0 Å². The molecule has 1 aliphatic rings. The molecule has 1 aromatic heterocycles. The predicted octanol–water partition coefficient (Wildman–Crippen LogP) is 1.91. The van der Waals surface area contributed by atoms with Crippen LogP contribution < -0.4 is 16.0 Å². The smallest absolute Gasteiger partial charge is 0.287 e. The summed E-state index contributed by atoms with van der Waals surface area (Å²) < 4.78 is 5.12. The van der Waals surface area contributed by atoms with Gasteiger partial charge >= 0.3 is 0 Å². The lowest BCUT2D eigenvalue weighted by Crippen LogP contribution is -2.53. The summed E-state index contributed by atoms with van der Waals surface area (Å²) in [6.07, 6.45) is 3.85. The van der Waals surface area contributed by atoms with Gasteiger partial charge < -0.3 is 20.4 Å². The van der Waals surface area contributed by atoms with Gasteiger partial charge in [0.15, 0.2) is 5.76 Å². The molecule has 6 nitrogen and oxygen atoms in total. The normalized spacial score (nSPS) is 17.6. The van der Waals surface area contributed by atoms with Gasteiger partial charge in [0.1, 0.15) is 6.04 Å². The van der Waals surface area contributed by atoms with Crippen LogP contribution in [0.15, 0.2) is 53.1 Å². The first-order valence-electron chi connectivity index (χ1n) is 8.62. The highest BCUT2D eigenvalue weighted by Gasteiger charge is 2.25. The number of carbonyl (C=O) groups excluding carboxylic acids is 2. The minimum atomic E-state index is -0.651. The molecule has 3 N–H and O–H groups in total. The topological polar surface area (TPSA) is 83.4 Å². The zero-order chi connectivity index (χ0) is 17.5. The summed E-state index contributed by atoms with van der Waals surface area (Å²) in [5.41, 5.74) is 0.990. The van der Waals surface area contributed by atoms with E-state index in [2.05, 4.69) is 16.0 Å². The second-order valence-electron chi connectivity index (χ2n) is 6.24. The first-order valence-corrected chi connectivity index (χ1v) is 8.62. The summed E-state index contributed by atoms with van der Waals surface area (Å²) in [4.78, 5) is 25.0. The van der Waals surface area contributed by atoms with Crippen LogP contribution in [0.5, 0.6) is 0 Å². The van der Waals surface area contributed by atoms with Gasteiger partial charge in [-0.25, -0.2) is 0 Å².